The van der Waals surface area contributed by atoms with E-state index >= 15 is 0 Å². The molecule has 12 heavy (non-hydrogen) atoms. The van der Waals surface area contributed by atoms with Crippen molar-refractivity contribution >= 4 is 5.78 Å². The van der Waals surface area contributed by atoms with Crippen molar-refractivity contribution in [1.29, 1.82) is 0 Å². The topological polar surface area (TPSA) is 26.3 Å². The minimum absolute atomic E-state index is 0.245. The SMILES string of the molecule is O=C1C2CC3OC4C2C=CC4C13. The third kappa shape index (κ3) is 0.403. The van der Waals surface area contributed by atoms with Crippen LogP contribution in [0.1, 0.15) is 6.42 Å². The molecule has 2 heterocycles. The van der Waals surface area contributed by atoms with Gasteiger partial charge in [-0.05, 0) is 6.42 Å². The van der Waals surface area contributed by atoms with Crippen LogP contribution in [0.2, 0.25) is 0 Å². The third-order valence-corrected chi connectivity index (χ3v) is 4.11. The zero-order valence-corrected chi connectivity index (χ0v) is 6.64. The molecule has 2 nitrogen and oxygen atoms in total. The number of hydrogen-bond acceptors (Lipinski definition) is 2. The maximum atomic E-state index is 11.8. The van der Waals surface area contributed by atoms with Gasteiger partial charge in [0, 0.05) is 17.8 Å². The fraction of sp³-hybridized carbons (Fsp3) is 0.700. The smallest absolute Gasteiger partial charge is 0.143 e. The molecule has 2 saturated carbocycles. The Balaban J connectivity index is 1.99. The van der Waals surface area contributed by atoms with E-state index in [0.29, 0.717) is 35.7 Å². The molecular formula is C10H10O2. The van der Waals surface area contributed by atoms with Crippen LogP contribution in [0, 0.1) is 23.7 Å². The van der Waals surface area contributed by atoms with Crippen molar-refractivity contribution in [2.24, 2.45) is 23.7 Å². The molecule has 0 amide bonds. The highest BCUT2D eigenvalue weighted by Crippen LogP contribution is 2.58. The van der Waals surface area contributed by atoms with Crippen LogP contribution >= 0.6 is 0 Å². The van der Waals surface area contributed by atoms with Crippen LogP contribution in [0.15, 0.2) is 12.2 Å². The lowest BCUT2D eigenvalue weighted by molar-refractivity contribution is -0.128. The molecule has 0 N–H and O–H groups in total. The summed E-state index contributed by atoms with van der Waals surface area (Å²) in [7, 11) is 0. The van der Waals surface area contributed by atoms with E-state index in [2.05, 4.69) is 12.2 Å². The summed E-state index contributed by atoms with van der Waals surface area (Å²) in [6.07, 6.45) is 6.12. The molecule has 0 aromatic carbocycles. The van der Waals surface area contributed by atoms with Crippen LogP contribution in [-0.2, 0) is 9.53 Å². The molecule has 2 heteroatoms. The van der Waals surface area contributed by atoms with Gasteiger partial charge in [0.2, 0.25) is 0 Å². The van der Waals surface area contributed by atoms with Crippen molar-refractivity contribution in [3.8, 4) is 0 Å². The van der Waals surface area contributed by atoms with Crippen LogP contribution < -0.4 is 0 Å². The summed E-state index contributed by atoms with van der Waals surface area (Å²) in [4.78, 5) is 11.8. The van der Waals surface area contributed by atoms with Gasteiger partial charge in [0.25, 0.3) is 0 Å². The molecule has 62 valence electrons. The number of ketones is 1. The van der Waals surface area contributed by atoms with Crippen LogP contribution in [-0.4, -0.2) is 18.0 Å². The summed E-state index contributed by atoms with van der Waals surface area (Å²) in [5.41, 5.74) is 0. The van der Waals surface area contributed by atoms with Crippen molar-refractivity contribution in [2.75, 3.05) is 0 Å². The third-order valence-electron chi connectivity index (χ3n) is 4.11. The first-order valence-electron chi connectivity index (χ1n) is 4.74. The quantitative estimate of drug-likeness (QED) is 0.492. The van der Waals surface area contributed by atoms with E-state index in [1.54, 1.807) is 0 Å². The van der Waals surface area contributed by atoms with Gasteiger partial charge in [0.15, 0.2) is 0 Å². The number of carbonyl (C=O) groups is 1. The molecule has 6 unspecified atom stereocenters. The molecule has 0 aromatic heterocycles. The molecule has 3 aliphatic carbocycles. The standard InChI is InChI=1S/C10H10O2/c11-9-6-3-7-8(9)5-2-1-4(6)10(5)12-7/h1-2,4-8,10H,3H2. The Morgan fingerprint density at radius 3 is 3.08 bits per heavy atom. The van der Waals surface area contributed by atoms with Gasteiger partial charge in [0.1, 0.15) is 5.78 Å². The molecule has 6 atom stereocenters. The maximum absolute atomic E-state index is 11.8. The highest BCUT2D eigenvalue weighted by molar-refractivity contribution is 5.89. The molecule has 0 radical (unpaired) electrons. The average Bonchev–Trinajstić information content (AvgIpc) is 2.56. The van der Waals surface area contributed by atoms with Gasteiger partial charge >= 0.3 is 0 Å². The fourth-order valence-corrected chi connectivity index (χ4v) is 3.67. The zero-order valence-electron chi connectivity index (χ0n) is 6.64. The molecular weight excluding hydrogens is 152 g/mol. The molecule has 0 aromatic rings. The van der Waals surface area contributed by atoms with Gasteiger partial charge in [-0.2, -0.15) is 0 Å². The van der Waals surface area contributed by atoms with E-state index in [-0.39, 0.29) is 5.92 Å². The van der Waals surface area contributed by atoms with Crippen molar-refractivity contribution < 1.29 is 9.53 Å². The highest BCUT2D eigenvalue weighted by atomic mass is 16.5. The Labute approximate surface area is 70.6 Å². The molecule has 6 bridgehead atoms. The number of Topliss-reactive ketones (excluding diaryl/α,β-unsaturated/α-hetero) is 1. The lowest BCUT2D eigenvalue weighted by atomic mass is 9.76. The van der Waals surface area contributed by atoms with Gasteiger partial charge in [0.05, 0.1) is 18.1 Å². The Kier molecular flexibility index (Phi) is 0.756. The first kappa shape index (κ1) is 5.92. The summed E-state index contributed by atoms with van der Waals surface area (Å²) in [6.45, 7) is 0. The molecule has 5 aliphatic rings. The monoisotopic (exact) mass is 162 g/mol. The number of ether oxygens (including phenoxy) is 1. The average molecular weight is 162 g/mol. The maximum Gasteiger partial charge on any atom is 0.143 e. The van der Waals surface area contributed by atoms with E-state index in [0.717, 1.165) is 6.42 Å². The van der Waals surface area contributed by atoms with Crippen LogP contribution in [0.25, 0.3) is 0 Å². The molecule has 5 rings (SSSR count). The molecule has 2 saturated heterocycles. The predicted molar refractivity (Wildman–Crippen MR) is 41.4 cm³/mol. The van der Waals surface area contributed by atoms with Gasteiger partial charge < -0.3 is 4.74 Å². The molecule has 4 fully saturated rings. The van der Waals surface area contributed by atoms with Crippen molar-refractivity contribution in [1.82, 2.24) is 0 Å². The first-order valence-corrected chi connectivity index (χ1v) is 4.74. The largest absolute Gasteiger partial charge is 0.373 e. The van der Waals surface area contributed by atoms with Gasteiger partial charge in [-0.25, -0.2) is 0 Å². The highest BCUT2D eigenvalue weighted by Gasteiger charge is 2.65. The van der Waals surface area contributed by atoms with Crippen LogP contribution in [0.5, 0.6) is 0 Å². The van der Waals surface area contributed by atoms with Crippen molar-refractivity contribution in [2.45, 2.75) is 18.6 Å². The predicted octanol–water partition coefficient (Wildman–Crippen LogP) is 0.775. The van der Waals surface area contributed by atoms with Gasteiger partial charge in [-0.1, -0.05) is 12.2 Å². The van der Waals surface area contributed by atoms with Crippen molar-refractivity contribution in [3.05, 3.63) is 12.2 Å². The first-order chi connectivity index (χ1) is 5.86. The minimum atomic E-state index is 0.245. The number of hydrogen-bond donors (Lipinski definition) is 0. The summed E-state index contributed by atoms with van der Waals surface area (Å²) >= 11 is 0. The van der Waals surface area contributed by atoms with E-state index in [1.807, 2.05) is 0 Å². The van der Waals surface area contributed by atoms with Gasteiger partial charge in [-0.3, -0.25) is 4.79 Å². The van der Waals surface area contributed by atoms with Crippen LogP contribution in [0.3, 0.4) is 0 Å². The second-order valence-electron chi connectivity index (χ2n) is 4.45. The van der Waals surface area contributed by atoms with E-state index in [4.69, 9.17) is 4.74 Å². The normalized spacial score (nSPS) is 63.8. The van der Waals surface area contributed by atoms with E-state index < -0.39 is 0 Å². The summed E-state index contributed by atoms with van der Waals surface area (Å²) in [5, 5.41) is 0. The second-order valence-corrected chi connectivity index (χ2v) is 4.45. The number of rotatable bonds is 0. The van der Waals surface area contributed by atoms with E-state index in [9.17, 15) is 4.79 Å². The number of carbonyl (C=O) groups excluding carboxylic acids is 1. The Hall–Kier alpha value is -0.630. The second kappa shape index (κ2) is 1.53. The fourth-order valence-electron chi connectivity index (χ4n) is 3.67. The van der Waals surface area contributed by atoms with Crippen molar-refractivity contribution in [3.63, 3.8) is 0 Å². The van der Waals surface area contributed by atoms with Gasteiger partial charge in [-0.15, -0.1) is 0 Å². The minimum Gasteiger partial charge on any atom is -0.373 e. The lowest BCUT2D eigenvalue weighted by Gasteiger charge is -2.31. The Morgan fingerprint density at radius 1 is 1.33 bits per heavy atom. The van der Waals surface area contributed by atoms with Crippen LogP contribution in [0.4, 0.5) is 0 Å². The Bertz CT molecular complexity index is 299. The summed E-state index contributed by atoms with van der Waals surface area (Å²) < 4.78 is 5.83. The van der Waals surface area contributed by atoms with E-state index in [1.165, 1.54) is 0 Å². The lowest BCUT2D eigenvalue weighted by Crippen LogP contribution is -2.38. The Morgan fingerprint density at radius 2 is 2.17 bits per heavy atom. The summed E-state index contributed by atoms with van der Waals surface area (Å²) in [5.74, 6) is 1.96. The molecule has 2 aliphatic heterocycles. The summed E-state index contributed by atoms with van der Waals surface area (Å²) in [6, 6.07) is 0. The molecule has 0 spiro atoms. The zero-order chi connectivity index (χ0) is 7.87.